The molecule has 1 atom stereocenters. The van der Waals surface area contributed by atoms with Gasteiger partial charge in [0, 0.05) is 26.3 Å². The van der Waals surface area contributed by atoms with E-state index in [1.807, 2.05) is 0 Å². The molecule has 0 bridgehead atoms. The summed E-state index contributed by atoms with van der Waals surface area (Å²) < 4.78 is 5.35. The maximum absolute atomic E-state index is 5.35. The van der Waals surface area contributed by atoms with Crippen molar-refractivity contribution in [2.24, 2.45) is 11.3 Å². The van der Waals surface area contributed by atoms with Crippen LogP contribution in [0, 0.1) is 11.3 Å². The Labute approximate surface area is 132 Å². The van der Waals surface area contributed by atoms with Crippen molar-refractivity contribution in [2.45, 2.75) is 59.8 Å². The smallest absolute Gasteiger partial charge is 0.0466 e. The van der Waals surface area contributed by atoms with Gasteiger partial charge in [-0.15, -0.1) is 0 Å². The Bertz CT molecular complexity index is 250. The van der Waals surface area contributed by atoms with E-state index in [9.17, 15) is 0 Å². The fourth-order valence-corrected chi connectivity index (χ4v) is 3.21. The van der Waals surface area contributed by atoms with Gasteiger partial charge in [0.05, 0.1) is 0 Å². The van der Waals surface area contributed by atoms with Crippen LogP contribution >= 0.6 is 0 Å². The third-order valence-corrected chi connectivity index (χ3v) is 4.75. The molecule has 3 heteroatoms. The maximum Gasteiger partial charge on any atom is 0.0466 e. The van der Waals surface area contributed by atoms with E-state index in [1.165, 1.54) is 51.7 Å². The second-order valence-electron chi connectivity index (χ2n) is 7.49. The average molecular weight is 299 g/mol. The third kappa shape index (κ3) is 8.80. The number of likely N-dealkylation sites (tertiary alicyclic amines) is 1. The number of nitrogens with one attached hydrogen (secondary N) is 1. The predicted molar refractivity (Wildman–Crippen MR) is 91.8 cm³/mol. The molecule has 0 spiro atoms. The van der Waals surface area contributed by atoms with E-state index in [1.54, 1.807) is 0 Å². The Kier molecular flexibility index (Phi) is 9.54. The predicted octanol–water partition coefficient (Wildman–Crippen LogP) is 3.54. The van der Waals surface area contributed by atoms with Crippen LogP contribution in [0.1, 0.15) is 59.8 Å². The second-order valence-corrected chi connectivity index (χ2v) is 7.49. The van der Waals surface area contributed by atoms with Crippen LogP contribution in [0.25, 0.3) is 0 Å². The first-order chi connectivity index (χ1) is 10.0. The van der Waals surface area contributed by atoms with Gasteiger partial charge >= 0.3 is 0 Å². The molecule has 1 rings (SSSR count). The monoisotopic (exact) mass is 298 g/mol. The number of ether oxygens (including phenoxy) is 1. The summed E-state index contributed by atoms with van der Waals surface area (Å²) in [5.41, 5.74) is 0.481. The Morgan fingerprint density at radius 1 is 1.10 bits per heavy atom. The Hall–Kier alpha value is -0.120. The molecule has 0 aromatic rings. The number of rotatable bonds is 9. The van der Waals surface area contributed by atoms with E-state index in [0.717, 1.165) is 32.2 Å². The van der Waals surface area contributed by atoms with Crippen molar-refractivity contribution in [2.75, 3.05) is 45.9 Å². The summed E-state index contributed by atoms with van der Waals surface area (Å²) in [6.07, 6.45) is 6.56. The fraction of sp³-hybridized carbons (Fsp3) is 1.00. The lowest BCUT2D eigenvalue weighted by atomic mass is 9.77. The van der Waals surface area contributed by atoms with E-state index < -0.39 is 0 Å². The number of nitrogens with zero attached hydrogens (tertiary/aromatic N) is 1. The van der Waals surface area contributed by atoms with Crippen molar-refractivity contribution >= 4 is 0 Å². The van der Waals surface area contributed by atoms with Crippen LogP contribution in [-0.4, -0.2) is 50.8 Å². The van der Waals surface area contributed by atoms with Crippen molar-refractivity contribution in [3.05, 3.63) is 0 Å². The number of unbranched alkanes of at least 4 members (excludes halogenated alkanes) is 1. The van der Waals surface area contributed by atoms with Gasteiger partial charge in [0.25, 0.3) is 0 Å². The summed E-state index contributed by atoms with van der Waals surface area (Å²) in [4.78, 5) is 2.65. The molecule has 0 aliphatic carbocycles. The first-order valence-corrected chi connectivity index (χ1v) is 9.05. The van der Waals surface area contributed by atoms with Crippen molar-refractivity contribution in [3.63, 3.8) is 0 Å². The van der Waals surface area contributed by atoms with E-state index in [2.05, 4.69) is 37.9 Å². The molecule has 1 N–H and O–H groups in total. The number of hydrogen-bond acceptors (Lipinski definition) is 3. The lowest BCUT2D eigenvalue weighted by molar-refractivity contribution is 0.143. The minimum atomic E-state index is 0.481. The molecule has 1 unspecified atom stereocenters. The molecular formula is C18H38N2O. The molecular weight excluding hydrogens is 260 g/mol. The lowest BCUT2D eigenvalue weighted by Crippen LogP contribution is -2.33. The molecule has 0 amide bonds. The van der Waals surface area contributed by atoms with E-state index in [4.69, 9.17) is 4.74 Å². The first-order valence-electron chi connectivity index (χ1n) is 9.05. The molecule has 1 aliphatic heterocycles. The molecule has 21 heavy (non-hydrogen) atoms. The zero-order valence-corrected chi connectivity index (χ0v) is 14.9. The van der Waals surface area contributed by atoms with Gasteiger partial charge in [-0.25, -0.2) is 0 Å². The van der Waals surface area contributed by atoms with Gasteiger partial charge in [-0.1, -0.05) is 20.8 Å². The average Bonchev–Trinajstić information content (AvgIpc) is 2.67. The van der Waals surface area contributed by atoms with Crippen molar-refractivity contribution in [1.29, 1.82) is 0 Å². The highest BCUT2D eigenvalue weighted by Gasteiger charge is 2.26. The standard InChI is InChI=1S/C18H38N2O/c1-5-21-16-7-6-11-19-12-15-20-13-8-9-17(10-14-20)18(2,3)4/h17,19H,5-16H2,1-4H3. The first kappa shape index (κ1) is 18.9. The summed E-state index contributed by atoms with van der Waals surface area (Å²) in [6, 6.07) is 0. The van der Waals surface area contributed by atoms with Crippen LogP contribution in [0.2, 0.25) is 0 Å². The molecule has 3 nitrogen and oxygen atoms in total. The van der Waals surface area contributed by atoms with Crippen LogP contribution in [-0.2, 0) is 4.74 Å². The largest absolute Gasteiger partial charge is 0.382 e. The van der Waals surface area contributed by atoms with Gasteiger partial charge in [0.1, 0.15) is 0 Å². The van der Waals surface area contributed by atoms with Crippen LogP contribution in [0.5, 0.6) is 0 Å². The van der Waals surface area contributed by atoms with E-state index >= 15 is 0 Å². The fourth-order valence-electron chi connectivity index (χ4n) is 3.21. The molecule has 1 heterocycles. The molecule has 1 fully saturated rings. The SMILES string of the molecule is CCOCCCCNCCN1CCCC(C(C)(C)C)CC1. The lowest BCUT2D eigenvalue weighted by Gasteiger charge is -2.29. The highest BCUT2D eigenvalue weighted by Crippen LogP contribution is 2.34. The highest BCUT2D eigenvalue weighted by atomic mass is 16.5. The summed E-state index contributed by atoms with van der Waals surface area (Å²) in [5.74, 6) is 0.897. The zero-order valence-electron chi connectivity index (χ0n) is 14.9. The molecule has 0 aromatic heterocycles. The second kappa shape index (κ2) is 10.6. The van der Waals surface area contributed by atoms with Gasteiger partial charge in [0.2, 0.25) is 0 Å². The minimum absolute atomic E-state index is 0.481. The van der Waals surface area contributed by atoms with Crippen LogP contribution in [0.3, 0.4) is 0 Å². The third-order valence-electron chi connectivity index (χ3n) is 4.75. The van der Waals surface area contributed by atoms with Gasteiger partial charge < -0.3 is 15.0 Å². The molecule has 0 saturated carbocycles. The van der Waals surface area contributed by atoms with E-state index in [-0.39, 0.29) is 0 Å². The van der Waals surface area contributed by atoms with E-state index in [0.29, 0.717) is 5.41 Å². The van der Waals surface area contributed by atoms with Crippen LogP contribution < -0.4 is 5.32 Å². The highest BCUT2D eigenvalue weighted by molar-refractivity contribution is 4.79. The Morgan fingerprint density at radius 3 is 2.62 bits per heavy atom. The zero-order chi connectivity index (χ0) is 15.6. The van der Waals surface area contributed by atoms with Crippen molar-refractivity contribution in [1.82, 2.24) is 10.2 Å². The summed E-state index contributed by atoms with van der Waals surface area (Å²) >= 11 is 0. The van der Waals surface area contributed by atoms with Gasteiger partial charge in [-0.3, -0.25) is 0 Å². The quantitative estimate of drug-likeness (QED) is 0.659. The molecule has 1 saturated heterocycles. The normalized spacial score (nSPS) is 21.4. The van der Waals surface area contributed by atoms with Gasteiger partial charge in [-0.2, -0.15) is 0 Å². The van der Waals surface area contributed by atoms with Crippen molar-refractivity contribution < 1.29 is 4.74 Å². The minimum Gasteiger partial charge on any atom is -0.382 e. The molecule has 0 radical (unpaired) electrons. The van der Waals surface area contributed by atoms with Crippen molar-refractivity contribution in [3.8, 4) is 0 Å². The van der Waals surface area contributed by atoms with Crippen LogP contribution in [0.15, 0.2) is 0 Å². The molecule has 126 valence electrons. The summed E-state index contributed by atoms with van der Waals surface area (Å²) in [7, 11) is 0. The molecule has 0 aromatic carbocycles. The Morgan fingerprint density at radius 2 is 1.90 bits per heavy atom. The van der Waals surface area contributed by atoms with Gasteiger partial charge in [0.15, 0.2) is 0 Å². The maximum atomic E-state index is 5.35. The van der Waals surface area contributed by atoms with Gasteiger partial charge in [-0.05, 0) is 70.0 Å². The Balaban J connectivity index is 2.03. The summed E-state index contributed by atoms with van der Waals surface area (Å²) in [6.45, 7) is 17.1. The molecule has 1 aliphatic rings. The topological polar surface area (TPSA) is 24.5 Å². The van der Waals surface area contributed by atoms with Crippen LogP contribution in [0.4, 0.5) is 0 Å². The number of hydrogen-bond donors (Lipinski definition) is 1. The summed E-state index contributed by atoms with van der Waals surface area (Å²) in [5, 5.41) is 3.57.